The van der Waals surface area contributed by atoms with E-state index in [0.717, 1.165) is 31.4 Å². The molecule has 0 radical (unpaired) electrons. The van der Waals surface area contributed by atoms with Gasteiger partial charge in [-0.05, 0) is 49.3 Å². The Hall–Kier alpha value is -1.16. The first-order chi connectivity index (χ1) is 12.7. The molecule has 0 spiro atoms. The lowest BCUT2D eigenvalue weighted by Crippen LogP contribution is -2.47. The Morgan fingerprint density at radius 1 is 1.15 bits per heavy atom. The first-order valence-corrected chi connectivity index (χ1v) is 12.5. The number of sulfone groups is 1. The average molecular weight is 418 g/mol. The van der Waals surface area contributed by atoms with Gasteiger partial charge in [0.1, 0.15) is 11.0 Å². The quantitative estimate of drug-likeness (QED) is 0.736. The summed E-state index contributed by atoms with van der Waals surface area (Å²) in [5.41, 5.74) is 1.23. The van der Waals surface area contributed by atoms with E-state index in [1.165, 1.54) is 9.87 Å². The SMILES string of the molecule is COc1ccc(CCC2CCN(S(=O)(=O)[C@H]3CS(=O)(=O)C[C@@H]3O)CC2)cc1. The first kappa shape index (κ1) is 20.6. The number of nitrogens with zero attached hydrogens (tertiary/aromatic N) is 1. The number of ether oxygens (including phenoxy) is 1. The van der Waals surface area contributed by atoms with Crippen LogP contribution in [0, 0.1) is 5.92 Å². The third-order valence-corrected chi connectivity index (χ3v) is 9.85. The van der Waals surface area contributed by atoms with Crippen LogP contribution in [-0.4, -0.2) is 69.3 Å². The molecule has 0 unspecified atom stereocenters. The highest BCUT2D eigenvalue weighted by molar-refractivity contribution is 7.95. The van der Waals surface area contributed by atoms with E-state index in [0.29, 0.717) is 19.0 Å². The average Bonchev–Trinajstić information content (AvgIpc) is 2.94. The van der Waals surface area contributed by atoms with E-state index in [9.17, 15) is 21.9 Å². The lowest BCUT2D eigenvalue weighted by atomic mass is 9.91. The van der Waals surface area contributed by atoms with E-state index in [-0.39, 0.29) is 0 Å². The molecule has 2 saturated heterocycles. The zero-order valence-electron chi connectivity index (χ0n) is 15.5. The first-order valence-electron chi connectivity index (χ1n) is 9.21. The number of hydrogen-bond donors (Lipinski definition) is 1. The van der Waals surface area contributed by atoms with Crippen LogP contribution in [0.15, 0.2) is 24.3 Å². The van der Waals surface area contributed by atoms with Crippen LogP contribution in [0.4, 0.5) is 0 Å². The largest absolute Gasteiger partial charge is 0.497 e. The Balaban J connectivity index is 1.52. The van der Waals surface area contributed by atoms with Gasteiger partial charge < -0.3 is 9.84 Å². The van der Waals surface area contributed by atoms with E-state index in [2.05, 4.69) is 0 Å². The second-order valence-electron chi connectivity index (χ2n) is 7.46. The molecule has 2 fully saturated rings. The van der Waals surface area contributed by atoms with Gasteiger partial charge in [0.05, 0.1) is 24.7 Å². The molecular weight excluding hydrogens is 390 g/mol. The van der Waals surface area contributed by atoms with E-state index in [1.54, 1.807) is 7.11 Å². The van der Waals surface area contributed by atoms with E-state index in [1.807, 2.05) is 24.3 Å². The van der Waals surface area contributed by atoms with Crippen LogP contribution in [0.25, 0.3) is 0 Å². The topological polar surface area (TPSA) is 101 Å². The van der Waals surface area contributed by atoms with Crippen molar-refractivity contribution in [1.82, 2.24) is 4.31 Å². The predicted molar refractivity (Wildman–Crippen MR) is 103 cm³/mol. The molecule has 2 aliphatic heterocycles. The van der Waals surface area contributed by atoms with Crippen LogP contribution < -0.4 is 4.74 Å². The zero-order chi connectivity index (χ0) is 19.7. The maximum Gasteiger partial charge on any atom is 0.220 e. The zero-order valence-corrected chi connectivity index (χ0v) is 17.1. The summed E-state index contributed by atoms with van der Waals surface area (Å²) in [6.07, 6.45) is 2.10. The molecular formula is C18H27NO6S2. The number of piperidine rings is 1. The van der Waals surface area contributed by atoms with Crippen LogP contribution in [0.2, 0.25) is 0 Å². The van der Waals surface area contributed by atoms with Crippen molar-refractivity contribution in [3.8, 4) is 5.75 Å². The van der Waals surface area contributed by atoms with Crippen molar-refractivity contribution in [2.75, 3.05) is 31.7 Å². The maximum absolute atomic E-state index is 12.7. The molecule has 0 bridgehead atoms. The maximum atomic E-state index is 12.7. The van der Waals surface area contributed by atoms with Crippen molar-refractivity contribution in [2.45, 2.75) is 37.0 Å². The number of aryl methyl sites for hydroxylation is 1. The molecule has 2 heterocycles. The van der Waals surface area contributed by atoms with Gasteiger partial charge in [0.2, 0.25) is 10.0 Å². The number of benzene rings is 1. The van der Waals surface area contributed by atoms with Crippen LogP contribution >= 0.6 is 0 Å². The minimum Gasteiger partial charge on any atom is -0.497 e. The highest BCUT2D eigenvalue weighted by atomic mass is 32.2. The Morgan fingerprint density at radius 3 is 2.30 bits per heavy atom. The van der Waals surface area contributed by atoms with Gasteiger partial charge in [-0.2, -0.15) is 0 Å². The van der Waals surface area contributed by atoms with Crippen LogP contribution in [-0.2, 0) is 26.3 Å². The molecule has 152 valence electrons. The van der Waals surface area contributed by atoms with E-state index < -0.39 is 42.7 Å². The summed E-state index contributed by atoms with van der Waals surface area (Å²) in [5, 5.41) is 8.67. The third-order valence-electron chi connectivity index (χ3n) is 5.59. The van der Waals surface area contributed by atoms with Gasteiger partial charge in [-0.3, -0.25) is 0 Å². The van der Waals surface area contributed by atoms with Crippen LogP contribution in [0.1, 0.15) is 24.8 Å². The molecule has 9 heteroatoms. The number of methoxy groups -OCH3 is 1. The summed E-state index contributed by atoms with van der Waals surface area (Å²) >= 11 is 0. The summed E-state index contributed by atoms with van der Waals surface area (Å²) < 4.78 is 55.2. The number of aliphatic hydroxyl groups is 1. The second kappa shape index (κ2) is 8.06. The molecule has 3 rings (SSSR count). The summed E-state index contributed by atoms with van der Waals surface area (Å²) in [6.45, 7) is 0.776. The Morgan fingerprint density at radius 2 is 1.78 bits per heavy atom. The van der Waals surface area contributed by atoms with Crippen LogP contribution in [0.5, 0.6) is 5.75 Å². The fraction of sp³-hybridized carbons (Fsp3) is 0.667. The normalized spacial score (nSPS) is 26.9. The molecule has 0 saturated carbocycles. The van der Waals surface area contributed by atoms with Crippen LogP contribution in [0.3, 0.4) is 0 Å². The van der Waals surface area contributed by atoms with Gasteiger partial charge in [0.25, 0.3) is 0 Å². The van der Waals surface area contributed by atoms with Crippen molar-refractivity contribution in [3.63, 3.8) is 0 Å². The lowest BCUT2D eigenvalue weighted by Gasteiger charge is -2.33. The standard InChI is InChI=1S/C18H27NO6S2/c1-25-16-6-4-14(5-7-16)2-3-15-8-10-19(11-9-15)27(23,24)18-13-26(21,22)12-17(18)20/h4-7,15,17-18,20H,2-3,8-13H2,1H3/t17-,18-/m0/s1. The summed E-state index contributed by atoms with van der Waals surface area (Å²) in [6, 6.07) is 7.96. The molecule has 0 aromatic heterocycles. The van der Waals surface area contributed by atoms with E-state index >= 15 is 0 Å². The smallest absolute Gasteiger partial charge is 0.220 e. The van der Waals surface area contributed by atoms with Crippen molar-refractivity contribution in [1.29, 1.82) is 0 Å². The summed E-state index contributed by atoms with van der Waals surface area (Å²) in [7, 11) is -5.64. The van der Waals surface area contributed by atoms with E-state index in [4.69, 9.17) is 4.74 Å². The molecule has 2 atom stereocenters. The Labute approximate surface area is 161 Å². The summed E-state index contributed by atoms with van der Waals surface area (Å²) in [5.74, 6) is 0.326. The molecule has 2 aliphatic rings. The minimum atomic E-state index is -3.79. The molecule has 0 aliphatic carbocycles. The molecule has 1 aromatic carbocycles. The van der Waals surface area contributed by atoms with Crippen molar-refractivity contribution >= 4 is 19.9 Å². The minimum absolute atomic E-state index is 0.388. The van der Waals surface area contributed by atoms with Gasteiger partial charge in [0.15, 0.2) is 9.84 Å². The van der Waals surface area contributed by atoms with Gasteiger partial charge in [-0.1, -0.05) is 12.1 Å². The van der Waals surface area contributed by atoms with Gasteiger partial charge >= 0.3 is 0 Å². The van der Waals surface area contributed by atoms with Crippen molar-refractivity contribution in [3.05, 3.63) is 29.8 Å². The number of rotatable bonds is 6. The Kier molecular flexibility index (Phi) is 6.14. The fourth-order valence-corrected chi connectivity index (χ4v) is 8.53. The number of hydrogen-bond acceptors (Lipinski definition) is 6. The number of sulfonamides is 1. The monoisotopic (exact) mass is 417 g/mol. The molecule has 27 heavy (non-hydrogen) atoms. The fourth-order valence-electron chi connectivity index (χ4n) is 3.89. The second-order valence-corrected chi connectivity index (χ2v) is 11.8. The Bertz CT molecular complexity index is 842. The number of aliphatic hydroxyl groups excluding tert-OH is 1. The summed E-state index contributed by atoms with van der Waals surface area (Å²) in [4.78, 5) is 0. The molecule has 0 amide bonds. The predicted octanol–water partition coefficient (Wildman–Crippen LogP) is 0.828. The van der Waals surface area contributed by atoms with Gasteiger partial charge in [0, 0.05) is 13.1 Å². The van der Waals surface area contributed by atoms with Crippen molar-refractivity contribution < 1.29 is 26.7 Å². The lowest BCUT2D eigenvalue weighted by molar-refractivity contribution is 0.197. The van der Waals surface area contributed by atoms with Gasteiger partial charge in [-0.15, -0.1) is 0 Å². The molecule has 1 N–H and O–H groups in total. The highest BCUT2D eigenvalue weighted by Crippen LogP contribution is 2.29. The van der Waals surface area contributed by atoms with Crippen molar-refractivity contribution in [2.24, 2.45) is 5.92 Å². The highest BCUT2D eigenvalue weighted by Gasteiger charge is 2.47. The third kappa shape index (κ3) is 4.82. The molecule has 7 nitrogen and oxygen atoms in total. The molecule has 1 aromatic rings. The van der Waals surface area contributed by atoms with Gasteiger partial charge in [-0.25, -0.2) is 21.1 Å².